The van der Waals surface area contributed by atoms with E-state index >= 15 is 0 Å². The van der Waals surface area contributed by atoms with Crippen molar-refractivity contribution in [2.24, 2.45) is 0 Å². The third kappa shape index (κ3) is 2.81. The van der Waals surface area contributed by atoms with Crippen LogP contribution in [0.5, 0.6) is 5.75 Å². The molecule has 0 bridgehead atoms. The fraction of sp³-hybridized carbons (Fsp3) is 0.333. The van der Waals surface area contributed by atoms with Crippen LogP contribution < -0.4 is 4.74 Å². The van der Waals surface area contributed by atoms with Crippen molar-refractivity contribution < 1.29 is 4.74 Å². The number of methoxy groups -OCH3 is 1. The molecule has 2 aromatic rings. The Kier molecular flexibility index (Phi) is 3.66. The molecule has 0 saturated heterocycles. The zero-order chi connectivity index (χ0) is 14.0. The second-order valence-corrected chi connectivity index (χ2v) is 5.98. The number of hydrogen-bond donors (Lipinski definition) is 0. The Balaban J connectivity index is 2.49. The maximum atomic E-state index is 5.48. The van der Waals surface area contributed by atoms with Gasteiger partial charge in [0.1, 0.15) is 5.75 Å². The van der Waals surface area contributed by atoms with Crippen LogP contribution in [-0.2, 0) is 5.41 Å². The number of ether oxygens (including phenoxy) is 1. The minimum atomic E-state index is 0.189. The van der Waals surface area contributed by atoms with Crippen LogP contribution >= 0.6 is 0 Å². The van der Waals surface area contributed by atoms with Crippen molar-refractivity contribution in [3.63, 3.8) is 0 Å². The lowest BCUT2D eigenvalue weighted by atomic mass is 9.86. The zero-order valence-electron chi connectivity index (χ0n) is 12.4. The highest BCUT2D eigenvalue weighted by molar-refractivity contribution is 5.74. The highest BCUT2D eigenvalue weighted by atomic mass is 16.5. The topological polar surface area (TPSA) is 9.23 Å². The summed E-state index contributed by atoms with van der Waals surface area (Å²) in [4.78, 5) is 0. The van der Waals surface area contributed by atoms with E-state index in [0.29, 0.717) is 0 Å². The first-order valence-corrected chi connectivity index (χ1v) is 6.68. The predicted molar refractivity (Wildman–Crippen MR) is 81.9 cm³/mol. The number of hydrogen-bond acceptors (Lipinski definition) is 1. The quantitative estimate of drug-likeness (QED) is 0.735. The molecular weight excluding hydrogens is 232 g/mol. The van der Waals surface area contributed by atoms with Gasteiger partial charge in [-0.25, -0.2) is 0 Å². The molecule has 100 valence electrons. The SMILES string of the molecule is COc1cccc(C)c1-c1ccc(C(C)(C)C)cc1. The molecule has 0 heterocycles. The van der Waals surface area contributed by atoms with E-state index in [4.69, 9.17) is 4.74 Å². The van der Waals surface area contributed by atoms with E-state index in [1.54, 1.807) is 7.11 Å². The van der Waals surface area contributed by atoms with Crippen LogP contribution in [0.15, 0.2) is 42.5 Å². The molecule has 1 nitrogen and oxygen atoms in total. The van der Waals surface area contributed by atoms with Gasteiger partial charge in [-0.3, -0.25) is 0 Å². The normalized spacial score (nSPS) is 11.4. The molecule has 0 atom stereocenters. The van der Waals surface area contributed by atoms with E-state index in [1.165, 1.54) is 22.3 Å². The second-order valence-electron chi connectivity index (χ2n) is 5.98. The Morgan fingerprint density at radius 2 is 1.53 bits per heavy atom. The maximum absolute atomic E-state index is 5.48. The van der Waals surface area contributed by atoms with Crippen LogP contribution in [-0.4, -0.2) is 7.11 Å². The molecule has 0 amide bonds. The van der Waals surface area contributed by atoms with Crippen molar-refractivity contribution in [2.45, 2.75) is 33.1 Å². The minimum absolute atomic E-state index is 0.189. The van der Waals surface area contributed by atoms with Gasteiger partial charge >= 0.3 is 0 Å². The van der Waals surface area contributed by atoms with E-state index in [2.05, 4.69) is 58.0 Å². The second kappa shape index (κ2) is 5.08. The van der Waals surface area contributed by atoms with Gasteiger partial charge in [-0.15, -0.1) is 0 Å². The Morgan fingerprint density at radius 3 is 2.05 bits per heavy atom. The molecule has 0 spiro atoms. The Morgan fingerprint density at radius 1 is 0.895 bits per heavy atom. The first-order valence-electron chi connectivity index (χ1n) is 6.68. The largest absolute Gasteiger partial charge is 0.496 e. The van der Waals surface area contributed by atoms with E-state index in [-0.39, 0.29) is 5.41 Å². The molecule has 2 aromatic carbocycles. The monoisotopic (exact) mass is 254 g/mol. The van der Waals surface area contributed by atoms with Gasteiger partial charge in [0, 0.05) is 5.56 Å². The van der Waals surface area contributed by atoms with Crippen molar-refractivity contribution >= 4 is 0 Å². The van der Waals surface area contributed by atoms with Crippen molar-refractivity contribution in [1.29, 1.82) is 0 Å². The van der Waals surface area contributed by atoms with Gasteiger partial charge in [0.2, 0.25) is 0 Å². The summed E-state index contributed by atoms with van der Waals surface area (Å²) in [6.45, 7) is 8.82. The Labute approximate surface area is 116 Å². The van der Waals surface area contributed by atoms with Gasteiger partial charge in [-0.05, 0) is 35.1 Å². The highest BCUT2D eigenvalue weighted by Gasteiger charge is 2.14. The smallest absolute Gasteiger partial charge is 0.126 e. The molecule has 19 heavy (non-hydrogen) atoms. The molecule has 0 aliphatic heterocycles. The first kappa shape index (κ1) is 13.7. The summed E-state index contributed by atoms with van der Waals surface area (Å²) in [6, 6.07) is 15.0. The number of rotatable bonds is 2. The molecule has 0 N–H and O–H groups in total. The van der Waals surface area contributed by atoms with Crippen molar-refractivity contribution in [3.05, 3.63) is 53.6 Å². The van der Waals surface area contributed by atoms with Crippen LogP contribution in [0.25, 0.3) is 11.1 Å². The Bertz CT molecular complexity index is 559. The van der Waals surface area contributed by atoms with Crippen molar-refractivity contribution in [1.82, 2.24) is 0 Å². The average Bonchev–Trinajstić information content (AvgIpc) is 2.37. The average molecular weight is 254 g/mol. The summed E-state index contributed by atoms with van der Waals surface area (Å²) in [6.07, 6.45) is 0. The van der Waals surface area contributed by atoms with Gasteiger partial charge in [0.05, 0.1) is 7.11 Å². The van der Waals surface area contributed by atoms with Gasteiger partial charge in [-0.2, -0.15) is 0 Å². The fourth-order valence-electron chi connectivity index (χ4n) is 2.32. The third-order valence-electron chi connectivity index (χ3n) is 3.49. The van der Waals surface area contributed by atoms with E-state index < -0.39 is 0 Å². The zero-order valence-corrected chi connectivity index (χ0v) is 12.4. The number of aryl methyl sites for hydroxylation is 1. The summed E-state index contributed by atoms with van der Waals surface area (Å²) < 4.78 is 5.48. The lowest BCUT2D eigenvalue weighted by Gasteiger charge is -2.19. The number of benzene rings is 2. The standard InChI is InChI=1S/C18H22O/c1-13-7-6-8-16(19-5)17(13)14-9-11-15(12-10-14)18(2,3)4/h6-12H,1-5H3. The van der Waals surface area contributed by atoms with E-state index in [0.717, 1.165) is 5.75 Å². The molecular formula is C18H22O. The first-order chi connectivity index (χ1) is 8.93. The molecule has 0 saturated carbocycles. The van der Waals surface area contributed by atoms with Crippen molar-refractivity contribution in [2.75, 3.05) is 7.11 Å². The molecule has 0 aromatic heterocycles. The van der Waals surface area contributed by atoms with Crippen molar-refractivity contribution in [3.8, 4) is 16.9 Å². The highest BCUT2D eigenvalue weighted by Crippen LogP contribution is 2.34. The summed E-state index contributed by atoms with van der Waals surface area (Å²) in [5.41, 5.74) is 5.18. The lowest BCUT2D eigenvalue weighted by Crippen LogP contribution is -2.10. The Hall–Kier alpha value is -1.76. The van der Waals surface area contributed by atoms with Gasteiger partial charge in [0.25, 0.3) is 0 Å². The van der Waals surface area contributed by atoms with Crippen LogP contribution in [0.2, 0.25) is 0 Å². The lowest BCUT2D eigenvalue weighted by molar-refractivity contribution is 0.416. The minimum Gasteiger partial charge on any atom is -0.496 e. The molecule has 0 aliphatic rings. The summed E-state index contributed by atoms with van der Waals surface area (Å²) >= 11 is 0. The maximum Gasteiger partial charge on any atom is 0.126 e. The van der Waals surface area contributed by atoms with Gasteiger partial charge in [-0.1, -0.05) is 57.2 Å². The molecule has 2 rings (SSSR count). The molecule has 0 aliphatic carbocycles. The molecule has 0 radical (unpaired) electrons. The summed E-state index contributed by atoms with van der Waals surface area (Å²) in [7, 11) is 1.72. The molecule has 0 fully saturated rings. The molecule has 1 heteroatoms. The van der Waals surface area contributed by atoms with Crippen LogP contribution in [0.4, 0.5) is 0 Å². The van der Waals surface area contributed by atoms with E-state index in [9.17, 15) is 0 Å². The predicted octanol–water partition coefficient (Wildman–Crippen LogP) is 4.97. The summed E-state index contributed by atoms with van der Waals surface area (Å²) in [5, 5.41) is 0. The fourth-order valence-corrected chi connectivity index (χ4v) is 2.32. The van der Waals surface area contributed by atoms with Crippen LogP contribution in [0.3, 0.4) is 0 Å². The van der Waals surface area contributed by atoms with Crippen LogP contribution in [0.1, 0.15) is 31.9 Å². The van der Waals surface area contributed by atoms with Gasteiger partial charge in [0.15, 0.2) is 0 Å². The molecule has 0 unspecified atom stereocenters. The van der Waals surface area contributed by atoms with E-state index in [1.807, 2.05) is 12.1 Å². The van der Waals surface area contributed by atoms with Crippen LogP contribution in [0, 0.1) is 6.92 Å². The third-order valence-corrected chi connectivity index (χ3v) is 3.49. The summed E-state index contributed by atoms with van der Waals surface area (Å²) in [5.74, 6) is 0.934. The van der Waals surface area contributed by atoms with Gasteiger partial charge < -0.3 is 4.74 Å².